The lowest BCUT2D eigenvalue weighted by atomic mass is 10.1. The maximum Gasteiger partial charge on any atom is 0.231 e. The van der Waals surface area contributed by atoms with Crippen LogP contribution >= 0.6 is 15.9 Å². The molecule has 2 aliphatic heterocycles. The lowest BCUT2D eigenvalue weighted by molar-refractivity contribution is -0.117. The van der Waals surface area contributed by atoms with Gasteiger partial charge in [-0.1, -0.05) is 12.1 Å². The van der Waals surface area contributed by atoms with E-state index in [1.807, 2.05) is 29.2 Å². The number of fused-ring (bicyclic) bond motifs is 1. The summed E-state index contributed by atoms with van der Waals surface area (Å²) in [6.45, 7) is 2.55. The molecule has 6 heteroatoms. The Morgan fingerprint density at radius 3 is 2.84 bits per heavy atom. The molecule has 1 N–H and O–H groups in total. The van der Waals surface area contributed by atoms with Gasteiger partial charge in [-0.15, -0.1) is 0 Å². The maximum atomic E-state index is 11.9. The first-order chi connectivity index (χ1) is 12.2. The molecule has 0 spiro atoms. The fraction of sp³-hybridized carbons (Fsp3) is 0.316. The first-order valence-electron chi connectivity index (χ1n) is 8.39. The van der Waals surface area contributed by atoms with Crippen molar-refractivity contribution in [3.8, 4) is 11.5 Å². The van der Waals surface area contributed by atoms with Gasteiger partial charge in [-0.2, -0.15) is 0 Å². The van der Waals surface area contributed by atoms with Crippen LogP contribution in [0.1, 0.15) is 24.0 Å². The molecular formula is C19H19BrN2O3. The van der Waals surface area contributed by atoms with Crippen molar-refractivity contribution < 1.29 is 14.3 Å². The molecule has 130 valence electrons. The van der Waals surface area contributed by atoms with Crippen molar-refractivity contribution in [2.75, 3.05) is 18.2 Å². The lowest BCUT2D eigenvalue weighted by Crippen LogP contribution is -2.23. The molecule has 5 nitrogen and oxygen atoms in total. The van der Waals surface area contributed by atoms with Gasteiger partial charge in [-0.25, -0.2) is 0 Å². The Bertz CT molecular complexity index is 809. The minimum Gasteiger partial charge on any atom is -0.454 e. The zero-order chi connectivity index (χ0) is 17.2. The molecule has 0 aromatic heterocycles. The fourth-order valence-electron chi connectivity index (χ4n) is 3.23. The van der Waals surface area contributed by atoms with E-state index >= 15 is 0 Å². The molecule has 0 unspecified atom stereocenters. The molecular weight excluding hydrogens is 384 g/mol. The third kappa shape index (κ3) is 3.50. The molecule has 0 saturated carbocycles. The lowest BCUT2D eigenvalue weighted by Gasteiger charge is -2.16. The van der Waals surface area contributed by atoms with Gasteiger partial charge in [0.05, 0.1) is 4.47 Å². The minimum absolute atomic E-state index is 0.218. The molecule has 0 aliphatic carbocycles. The van der Waals surface area contributed by atoms with Gasteiger partial charge in [0.25, 0.3) is 0 Å². The molecule has 2 aromatic carbocycles. The highest BCUT2D eigenvalue weighted by Gasteiger charge is 2.21. The van der Waals surface area contributed by atoms with E-state index in [0.29, 0.717) is 6.42 Å². The van der Waals surface area contributed by atoms with Gasteiger partial charge in [-0.3, -0.25) is 4.79 Å². The molecule has 2 heterocycles. The highest BCUT2D eigenvalue weighted by atomic mass is 79.9. The highest BCUT2D eigenvalue weighted by Crippen LogP contribution is 2.39. The summed E-state index contributed by atoms with van der Waals surface area (Å²) in [4.78, 5) is 13.8. The van der Waals surface area contributed by atoms with Crippen LogP contribution in [0.3, 0.4) is 0 Å². The molecule has 1 fully saturated rings. The number of hydrogen-bond acceptors (Lipinski definition) is 4. The van der Waals surface area contributed by atoms with E-state index in [9.17, 15) is 4.79 Å². The van der Waals surface area contributed by atoms with Gasteiger partial charge >= 0.3 is 0 Å². The summed E-state index contributed by atoms with van der Waals surface area (Å²) in [6, 6.07) is 12.2. The molecule has 1 amide bonds. The minimum atomic E-state index is 0.218. The van der Waals surface area contributed by atoms with Crippen molar-refractivity contribution in [2.45, 2.75) is 25.9 Å². The second-order valence-electron chi connectivity index (χ2n) is 6.23. The average Bonchev–Trinajstić information content (AvgIpc) is 3.24. The normalized spacial score (nSPS) is 15.9. The van der Waals surface area contributed by atoms with Gasteiger partial charge in [0.2, 0.25) is 12.7 Å². The summed E-state index contributed by atoms with van der Waals surface area (Å²) in [5.74, 6) is 1.77. The maximum absolute atomic E-state index is 11.9. The van der Waals surface area contributed by atoms with E-state index in [2.05, 4.69) is 33.4 Å². The number of carbonyl (C=O) groups is 1. The number of halogens is 1. The van der Waals surface area contributed by atoms with Crippen molar-refractivity contribution in [2.24, 2.45) is 0 Å². The third-order valence-corrected chi connectivity index (χ3v) is 5.03. The van der Waals surface area contributed by atoms with Crippen molar-refractivity contribution >= 4 is 27.5 Å². The van der Waals surface area contributed by atoms with Crippen LogP contribution in [0, 0.1) is 0 Å². The summed E-state index contributed by atoms with van der Waals surface area (Å²) < 4.78 is 11.8. The Labute approximate surface area is 155 Å². The van der Waals surface area contributed by atoms with Gasteiger partial charge < -0.3 is 19.7 Å². The van der Waals surface area contributed by atoms with Crippen LogP contribution in [0.5, 0.6) is 11.5 Å². The summed E-state index contributed by atoms with van der Waals surface area (Å²) in [7, 11) is 0. The van der Waals surface area contributed by atoms with E-state index < -0.39 is 0 Å². The largest absolute Gasteiger partial charge is 0.454 e. The van der Waals surface area contributed by atoms with E-state index in [-0.39, 0.29) is 12.7 Å². The monoisotopic (exact) mass is 402 g/mol. The Hall–Kier alpha value is -2.05. The second kappa shape index (κ2) is 7.06. The SMILES string of the molecule is O=C1CCCN1c1cccc(CNCc2cc(Br)c3c(c2)OCO3)c1. The van der Waals surface area contributed by atoms with E-state index in [4.69, 9.17) is 9.47 Å². The third-order valence-electron chi connectivity index (χ3n) is 4.44. The standard InChI is InChI=1S/C19H19BrN2O3/c20-16-8-14(9-17-19(16)25-12-24-17)11-21-10-13-3-1-4-15(7-13)22-6-2-5-18(22)23/h1,3-4,7-9,21H,2,5-6,10-12H2. The van der Waals surface area contributed by atoms with Crippen molar-refractivity contribution in [3.05, 3.63) is 52.0 Å². The number of benzene rings is 2. The van der Waals surface area contributed by atoms with Crippen LogP contribution in [0.15, 0.2) is 40.9 Å². The van der Waals surface area contributed by atoms with Gasteiger partial charge in [0, 0.05) is 31.7 Å². The molecule has 2 aliphatic rings. The molecule has 0 radical (unpaired) electrons. The molecule has 25 heavy (non-hydrogen) atoms. The van der Waals surface area contributed by atoms with Crippen LogP contribution in [0.4, 0.5) is 5.69 Å². The predicted molar refractivity (Wildman–Crippen MR) is 98.8 cm³/mol. The number of anilines is 1. The Morgan fingerprint density at radius 2 is 2.00 bits per heavy atom. The van der Waals surface area contributed by atoms with Crippen LogP contribution in [0.25, 0.3) is 0 Å². The average molecular weight is 403 g/mol. The Morgan fingerprint density at radius 1 is 1.12 bits per heavy atom. The molecule has 0 atom stereocenters. The van der Waals surface area contributed by atoms with Crippen molar-refractivity contribution in [1.29, 1.82) is 0 Å². The molecule has 2 aromatic rings. The first-order valence-corrected chi connectivity index (χ1v) is 9.18. The molecule has 1 saturated heterocycles. The summed E-state index contributed by atoms with van der Waals surface area (Å²) in [5.41, 5.74) is 3.28. The Balaban J connectivity index is 1.39. The van der Waals surface area contributed by atoms with Crippen LogP contribution < -0.4 is 19.7 Å². The van der Waals surface area contributed by atoms with E-state index in [1.54, 1.807) is 0 Å². The number of ether oxygens (including phenoxy) is 2. The summed E-state index contributed by atoms with van der Waals surface area (Å²) in [5, 5.41) is 3.44. The summed E-state index contributed by atoms with van der Waals surface area (Å²) >= 11 is 3.52. The van der Waals surface area contributed by atoms with Crippen molar-refractivity contribution in [3.63, 3.8) is 0 Å². The Kier molecular flexibility index (Phi) is 4.63. The number of amides is 1. The molecule has 4 rings (SSSR count). The highest BCUT2D eigenvalue weighted by molar-refractivity contribution is 9.10. The number of carbonyl (C=O) groups excluding carboxylic acids is 1. The fourth-order valence-corrected chi connectivity index (χ4v) is 3.83. The quantitative estimate of drug-likeness (QED) is 0.829. The van der Waals surface area contributed by atoms with Crippen molar-refractivity contribution in [1.82, 2.24) is 5.32 Å². The number of nitrogens with one attached hydrogen (secondary N) is 1. The van der Waals surface area contributed by atoms with Gasteiger partial charge in [0.1, 0.15) is 0 Å². The van der Waals surface area contributed by atoms with E-state index in [0.717, 1.165) is 58.8 Å². The first kappa shape index (κ1) is 16.4. The van der Waals surface area contributed by atoms with Crippen LogP contribution in [0.2, 0.25) is 0 Å². The smallest absolute Gasteiger partial charge is 0.231 e. The topological polar surface area (TPSA) is 50.8 Å². The zero-order valence-electron chi connectivity index (χ0n) is 13.8. The second-order valence-corrected chi connectivity index (χ2v) is 7.09. The van der Waals surface area contributed by atoms with Crippen LogP contribution in [-0.2, 0) is 17.9 Å². The number of hydrogen-bond donors (Lipinski definition) is 1. The number of rotatable bonds is 5. The van der Waals surface area contributed by atoms with Gasteiger partial charge in [-0.05, 0) is 57.7 Å². The van der Waals surface area contributed by atoms with Crippen LogP contribution in [-0.4, -0.2) is 19.2 Å². The predicted octanol–water partition coefficient (Wildman–Crippen LogP) is 3.59. The number of nitrogens with zero attached hydrogens (tertiary/aromatic N) is 1. The zero-order valence-corrected chi connectivity index (χ0v) is 15.3. The summed E-state index contributed by atoms with van der Waals surface area (Å²) in [6.07, 6.45) is 1.60. The van der Waals surface area contributed by atoms with Gasteiger partial charge in [0.15, 0.2) is 11.5 Å². The van der Waals surface area contributed by atoms with E-state index in [1.165, 1.54) is 0 Å². The molecule has 0 bridgehead atoms.